The molecule has 3 aliphatic rings. The van der Waals surface area contributed by atoms with E-state index in [-0.39, 0.29) is 24.6 Å². The number of hydrogen-bond donors (Lipinski definition) is 1. The molecule has 6 rings (SSSR count). The molecule has 1 aromatic carbocycles. The van der Waals surface area contributed by atoms with E-state index in [9.17, 15) is 18.0 Å². The van der Waals surface area contributed by atoms with Gasteiger partial charge in [-0.15, -0.1) is 0 Å². The van der Waals surface area contributed by atoms with Crippen molar-refractivity contribution in [3.63, 3.8) is 0 Å². The molecule has 0 unspecified atom stereocenters. The van der Waals surface area contributed by atoms with Crippen molar-refractivity contribution < 1.29 is 22.7 Å². The second-order valence-electron chi connectivity index (χ2n) is 9.85. The maximum Gasteiger partial charge on any atom is 0.417 e. The lowest BCUT2D eigenvalue weighted by molar-refractivity contribution is -0.137. The number of nitrogens with zero attached hydrogens (tertiary/aromatic N) is 3. The Hall–Kier alpha value is -3.20. The van der Waals surface area contributed by atoms with Crippen LogP contribution in [0.2, 0.25) is 0 Å². The highest BCUT2D eigenvalue weighted by atomic mass is 19.4. The zero-order valence-corrected chi connectivity index (χ0v) is 19.2. The number of hydrogen-bond acceptors (Lipinski definition) is 5. The molecule has 1 aliphatic heterocycles. The number of carbonyl (C=O) groups is 1. The summed E-state index contributed by atoms with van der Waals surface area (Å²) in [5, 5.41) is 0.839. The molecule has 182 valence electrons. The lowest BCUT2D eigenvalue weighted by Crippen LogP contribution is -2.34. The molecule has 0 bridgehead atoms. The Morgan fingerprint density at radius 2 is 2.03 bits per heavy atom. The molecule has 2 fully saturated rings. The van der Waals surface area contributed by atoms with Gasteiger partial charge in [0.15, 0.2) is 0 Å². The highest BCUT2D eigenvalue weighted by molar-refractivity contribution is 5.99. The lowest BCUT2D eigenvalue weighted by atomic mass is 10.00. The molecule has 2 aromatic heterocycles. The summed E-state index contributed by atoms with van der Waals surface area (Å²) >= 11 is 0. The molecule has 35 heavy (non-hydrogen) atoms. The summed E-state index contributed by atoms with van der Waals surface area (Å²) in [6, 6.07) is 7.83. The van der Waals surface area contributed by atoms with Gasteiger partial charge in [-0.2, -0.15) is 13.2 Å². The molecule has 9 heteroatoms. The minimum absolute atomic E-state index is 0.0772. The first-order chi connectivity index (χ1) is 16.7. The van der Waals surface area contributed by atoms with Crippen molar-refractivity contribution in [2.75, 3.05) is 5.73 Å². The van der Waals surface area contributed by atoms with Gasteiger partial charge in [0.1, 0.15) is 5.82 Å². The lowest BCUT2D eigenvalue weighted by Gasteiger charge is -2.24. The smallest absolute Gasteiger partial charge is 0.383 e. The molecule has 3 heterocycles. The van der Waals surface area contributed by atoms with Crippen LogP contribution in [0.4, 0.5) is 19.0 Å². The maximum atomic E-state index is 13.8. The van der Waals surface area contributed by atoms with Crippen LogP contribution in [0.1, 0.15) is 65.0 Å². The van der Waals surface area contributed by atoms with Crippen LogP contribution in [0.5, 0.6) is 0 Å². The van der Waals surface area contributed by atoms with Crippen LogP contribution in [0, 0.1) is 11.8 Å². The topological polar surface area (TPSA) is 81.3 Å². The first-order valence-corrected chi connectivity index (χ1v) is 11.9. The maximum absolute atomic E-state index is 13.8. The number of carbonyl (C=O) groups excluding carboxylic acids is 1. The van der Waals surface area contributed by atoms with Crippen molar-refractivity contribution in [1.82, 2.24) is 14.9 Å². The molecule has 3 atom stereocenters. The van der Waals surface area contributed by atoms with Gasteiger partial charge in [0.2, 0.25) is 0 Å². The molecule has 2 N–H and O–H groups in total. The molecular weight excluding hydrogens is 457 g/mol. The Bertz CT molecular complexity index is 1320. The molecule has 0 saturated heterocycles. The van der Waals surface area contributed by atoms with Gasteiger partial charge in [-0.3, -0.25) is 9.78 Å². The van der Waals surface area contributed by atoms with Gasteiger partial charge >= 0.3 is 6.18 Å². The van der Waals surface area contributed by atoms with E-state index in [4.69, 9.17) is 10.5 Å². The third kappa shape index (κ3) is 4.01. The van der Waals surface area contributed by atoms with E-state index >= 15 is 0 Å². The van der Waals surface area contributed by atoms with E-state index in [1.807, 2.05) is 13.0 Å². The second-order valence-corrected chi connectivity index (χ2v) is 9.85. The number of aromatic nitrogens is 2. The summed E-state index contributed by atoms with van der Waals surface area (Å²) in [4.78, 5) is 24.1. The minimum Gasteiger partial charge on any atom is -0.383 e. The molecule has 1 amide bonds. The molecule has 0 spiro atoms. The van der Waals surface area contributed by atoms with E-state index < -0.39 is 11.7 Å². The molecular formula is C26H25F3N4O2. The summed E-state index contributed by atoms with van der Waals surface area (Å²) in [5.41, 5.74) is 8.82. The number of benzene rings is 1. The van der Waals surface area contributed by atoms with Crippen LogP contribution in [0.25, 0.3) is 10.9 Å². The van der Waals surface area contributed by atoms with Gasteiger partial charge in [0.25, 0.3) is 5.91 Å². The second kappa shape index (κ2) is 7.91. The first-order valence-electron chi connectivity index (χ1n) is 11.9. The summed E-state index contributed by atoms with van der Waals surface area (Å²) in [6.07, 6.45) is -0.499. The van der Waals surface area contributed by atoms with E-state index in [1.54, 1.807) is 17.0 Å². The fourth-order valence-electron chi connectivity index (χ4n) is 5.35. The Labute approximate surface area is 200 Å². The van der Waals surface area contributed by atoms with Crippen LogP contribution in [-0.4, -0.2) is 26.8 Å². The van der Waals surface area contributed by atoms with Crippen molar-refractivity contribution in [2.45, 2.75) is 57.7 Å². The predicted octanol–water partition coefficient (Wildman–Crippen LogP) is 5.26. The van der Waals surface area contributed by atoms with Crippen LogP contribution in [-0.2, 0) is 24.1 Å². The van der Waals surface area contributed by atoms with Gasteiger partial charge < -0.3 is 15.4 Å². The van der Waals surface area contributed by atoms with E-state index in [1.165, 1.54) is 18.9 Å². The average Bonchev–Trinajstić information content (AvgIpc) is 3.74. The number of fused-ring (bicyclic) bond motifs is 3. The number of amides is 1. The molecule has 2 saturated carbocycles. The Balaban J connectivity index is 1.33. The Morgan fingerprint density at radius 1 is 1.23 bits per heavy atom. The summed E-state index contributed by atoms with van der Waals surface area (Å²) in [5.74, 6) is 1.38. The SMILES string of the molecule is C[C@@H]1OCc2c1c(N)nc1ccc(C(=O)N(Cc3ccc(C(F)(F)F)cn3)[C@H]3C[C@H]3C3CC3)cc21. The highest BCUT2D eigenvalue weighted by Crippen LogP contribution is 2.52. The largest absolute Gasteiger partial charge is 0.417 e. The van der Waals surface area contributed by atoms with Crippen LogP contribution < -0.4 is 5.73 Å². The summed E-state index contributed by atoms with van der Waals surface area (Å²) in [7, 11) is 0. The van der Waals surface area contributed by atoms with Crippen LogP contribution in [0.15, 0.2) is 36.5 Å². The molecule has 6 nitrogen and oxygen atoms in total. The number of rotatable bonds is 5. The number of anilines is 1. The zero-order chi connectivity index (χ0) is 24.5. The average molecular weight is 483 g/mol. The first kappa shape index (κ1) is 22.3. The minimum atomic E-state index is -4.45. The van der Waals surface area contributed by atoms with Crippen molar-refractivity contribution in [3.8, 4) is 0 Å². The Kier molecular flexibility index (Phi) is 5.03. The van der Waals surface area contributed by atoms with Crippen molar-refractivity contribution >= 4 is 22.6 Å². The van der Waals surface area contributed by atoms with Crippen molar-refractivity contribution in [3.05, 3.63) is 64.5 Å². The third-order valence-corrected chi connectivity index (χ3v) is 7.47. The standard InChI is InChI=1S/C26H25F3N4O2/c1-13-23-20(12-35-13)19-8-15(4-7-21(19)32-24(23)30)25(34)33(22-9-18(22)14-2-3-14)11-17-6-5-16(10-31-17)26(27,28)29/h4-8,10,13-14,18,22H,2-3,9,11-12H2,1H3,(H2,30,32)/t13-,18-,22-/m0/s1. The summed E-state index contributed by atoms with van der Waals surface area (Å²) < 4.78 is 44.7. The van der Waals surface area contributed by atoms with E-state index in [0.29, 0.717) is 41.0 Å². The number of nitrogens with two attached hydrogens (primary N) is 1. The number of alkyl halides is 3. The third-order valence-electron chi connectivity index (χ3n) is 7.47. The number of halogens is 3. The van der Waals surface area contributed by atoms with Gasteiger partial charge in [0.05, 0.1) is 36.0 Å². The monoisotopic (exact) mass is 482 g/mol. The number of nitrogen functional groups attached to an aromatic ring is 1. The normalized spacial score (nSPS) is 23.4. The van der Waals surface area contributed by atoms with Gasteiger partial charge in [0, 0.05) is 28.8 Å². The molecule has 0 radical (unpaired) electrons. The van der Waals surface area contributed by atoms with Gasteiger partial charge in [-0.05, 0) is 73.9 Å². The molecule has 2 aliphatic carbocycles. The van der Waals surface area contributed by atoms with Crippen molar-refractivity contribution in [1.29, 1.82) is 0 Å². The highest BCUT2D eigenvalue weighted by Gasteiger charge is 2.51. The Morgan fingerprint density at radius 3 is 2.71 bits per heavy atom. The number of pyridine rings is 2. The molecule has 3 aromatic rings. The van der Waals surface area contributed by atoms with Gasteiger partial charge in [-0.1, -0.05) is 0 Å². The van der Waals surface area contributed by atoms with Gasteiger partial charge in [-0.25, -0.2) is 4.98 Å². The van der Waals surface area contributed by atoms with Crippen LogP contribution >= 0.6 is 0 Å². The predicted molar refractivity (Wildman–Crippen MR) is 123 cm³/mol. The quantitative estimate of drug-likeness (QED) is 0.536. The van der Waals surface area contributed by atoms with E-state index in [0.717, 1.165) is 35.2 Å². The summed E-state index contributed by atoms with van der Waals surface area (Å²) in [6.45, 7) is 2.50. The van der Waals surface area contributed by atoms with Crippen molar-refractivity contribution in [2.24, 2.45) is 11.8 Å². The van der Waals surface area contributed by atoms with Crippen LogP contribution in [0.3, 0.4) is 0 Å². The fourth-order valence-corrected chi connectivity index (χ4v) is 5.35. The fraction of sp³-hybridized carbons (Fsp3) is 0.423. The van der Waals surface area contributed by atoms with E-state index in [2.05, 4.69) is 9.97 Å². The number of ether oxygens (including phenoxy) is 1. The zero-order valence-electron chi connectivity index (χ0n) is 19.2.